The lowest BCUT2D eigenvalue weighted by atomic mass is 10.4. The first-order valence-electron chi connectivity index (χ1n) is 5.08. The lowest BCUT2D eigenvalue weighted by Crippen LogP contribution is -2.18. The third-order valence-electron chi connectivity index (χ3n) is 2.60. The Morgan fingerprint density at radius 2 is 2.21 bits per heavy atom. The Labute approximate surface area is 83.9 Å². The fraction of sp³-hybridized carbons (Fsp3) is 0.778. The van der Waals surface area contributed by atoms with Crippen LogP contribution in [0.2, 0.25) is 0 Å². The van der Waals surface area contributed by atoms with E-state index in [2.05, 4.69) is 20.8 Å². The molecule has 5 nitrogen and oxygen atoms in total. The molecule has 5 heteroatoms. The summed E-state index contributed by atoms with van der Waals surface area (Å²) in [5.41, 5.74) is 0. The van der Waals surface area contributed by atoms with Crippen molar-refractivity contribution in [1.29, 1.82) is 0 Å². The second kappa shape index (κ2) is 3.96. The van der Waals surface area contributed by atoms with Crippen molar-refractivity contribution < 1.29 is 0 Å². The highest BCUT2D eigenvalue weighted by Crippen LogP contribution is 2.27. The van der Waals surface area contributed by atoms with Crippen LogP contribution in [0.25, 0.3) is 0 Å². The Balaban J connectivity index is 1.84. The number of hydrogen-bond acceptors (Lipinski definition) is 4. The normalized spacial score (nSPS) is 15.9. The highest BCUT2D eigenvalue weighted by molar-refractivity contribution is 5.23. The van der Waals surface area contributed by atoms with Crippen molar-refractivity contribution in [2.75, 3.05) is 18.9 Å². The molecule has 14 heavy (non-hydrogen) atoms. The van der Waals surface area contributed by atoms with E-state index in [4.69, 9.17) is 0 Å². The standard InChI is InChI=1S/C9H17N5/c1-10-9-13-12-8(14(9)2)6-11-5-7-3-4-7/h7,11H,3-6H2,1-2H3,(H,10,13). The number of nitrogens with one attached hydrogen (secondary N) is 2. The first kappa shape index (κ1) is 9.45. The fourth-order valence-electron chi connectivity index (χ4n) is 1.44. The van der Waals surface area contributed by atoms with Crippen LogP contribution in [-0.2, 0) is 13.6 Å². The van der Waals surface area contributed by atoms with Crippen LogP contribution in [0, 0.1) is 5.92 Å². The van der Waals surface area contributed by atoms with Crippen molar-refractivity contribution in [3.05, 3.63) is 5.82 Å². The molecule has 0 aromatic carbocycles. The lowest BCUT2D eigenvalue weighted by Gasteiger charge is -2.04. The zero-order chi connectivity index (χ0) is 9.97. The van der Waals surface area contributed by atoms with Crippen molar-refractivity contribution in [3.63, 3.8) is 0 Å². The van der Waals surface area contributed by atoms with Gasteiger partial charge in [0.15, 0.2) is 0 Å². The number of anilines is 1. The van der Waals surface area contributed by atoms with E-state index in [-0.39, 0.29) is 0 Å². The maximum absolute atomic E-state index is 4.09. The topological polar surface area (TPSA) is 54.8 Å². The molecule has 2 rings (SSSR count). The van der Waals surface area contributed by atoms with E-state index < -0.39 is 0 Å². The predicted octanol–water partition coefficient (Wildman–Crippen LogP) is 0.356. The summed E-state index contributed by atoms with van der Waals surface area (Å²) in [4.78, 5) is 0. The van der Waals surface area contributed by atoms with Crippen LogP contribution < -0.4 is 10.6 Å². The zero-order valence-electron chi connectivity index (χ0n) is 8.75. The minimum Gasteiger partial charge on any atom is -0.357 e. The summed E-state index contributed by atoms with van der Waals surface area (Å²) < 4.78 is 1.97. The first-order chi connectivity index (χ1) is 6.81. The van der Waals surface area contributed by atoms with Gasteiger partial charge in [-0.25, -0.2) is 0 Å². The van der Waals surface area contributed by atoms with Gasteiger partial charge in [0.2, 0.25) is 5.95 Å². The summed E-state index contributed by atoms with van der Waals surface area (Å²) in [6.07, 6.45) is 2.77. The molecule has 0 saturated heterocycles. The van der Waals surface area contributed by atoms with E-state index in [1.54, 1.807) is 0 Å². The number of hydrogen-bond donors (Lipinski definition) is 2. The van der Waals surface area contributed by atoms with Crippen LogP contribution in [0.3, 0.4) is 0 Å². The fourth-order valence-corrected chi connectivity index (χ4v) is 1.44. The highest BCUT2D eigenvalue weighted by Gasteiger charge is 2.20. The van der Waals surface area contributed by atoms with Crippen LogP contribution in [-0.4, -0.2) is 28.4 Å². The monoisotopic (exact) mass is 195 g/mol. The highest BCUT2D eigenvalue weighted by atomic mass is 15.3. The van der Waals surface area contributed by atoms with Gasteiger partial charge in [-0.2, -0.15) is 0 Å². The quantitative estimate of drug-likeness (QED) is 0.712. The molecule has 1 aliphatic carbocycles. The van der Waals surface area contributed by atoms with Gasteiger partial charge >= 0.3 is 0 Å². The Morgan fingerprint density at radius 1 is 1.43 bits per heavy atom. The van der Waals surface area contributed by atoms with Crippen LogP contribution >= 0.6 is 0 Å². The first-order valence-corrected chi connectivity index (χ1v) is 5.08. The van der Waals surface area contributed by atoms with E-state index in [9.17, 15) is 0 Å². The molecule has 0 radical (unpaired) electrons. The summed E-state index contributed by atoms with van der Waals surface area (Å²) in [5.74, 6) is 2.70. The molecule has 78 valence electrons. The maximum Gasteiger partial charge on any atom is 0.224 e. The SMILES string of the molecule is CNc1nnc(CNCC2CC2)n1C. The summed E-state index contributed by atoms with van der Waals surface area (Å²) in [6.45, 7) is 1.92. The van der Waals surface area contributed by atoms with E-state index in [0.29, 0.717) is 0 Å². The van der Waals surface area contributed by atoms with Gasteiger partial charge in [-0.05, 0) is 25.3 Å². The maximum atomic E-state index is 4.09. The smallest absolute Gasteiger partial charge is 0.224 e. The summed E-state index contributed by atoms with van der Waals surface area (Å²) in [6, 6.07) is 0. The Morgan fingerprint density at radius 3 is 2.79 bits per heavy atom. The van der Waals surface area contributed by atoms with Gasteiger partial charge in [0.25, 0.3) is 0 Å². The Hall–Kier alpha value is -1.10. The molecular formula is C9H17N5. The molecule has 0 amide bonds. The molecule has 0 spiro atoms. The minimum absolute atomic E-state index is 0.807. The molecule has 2 N–H and O–H groups in total. The van der Waals surface area contributed by atoms with E-state index in [0.717, 1.165) is 30.8 Å². The van der Waals surface area contributed by atoms with E-state index in [1.807, 2.05) is 18.7 Å². The number of rotatable bonds is 5. The molecule has 0 aliphatic heterocycles. The van der Waals surface area contributed by atoms with Gasteiger partial charge in [0.1, 0.15) is 5.82 Å². The van der Waals surface area contributed by atoms with E-state index >= 15 is 0 Å². The van der Waals surface area contributed by atoms with Gasteiger partial charge in [-0.15, -0.1) is 10.2 Å². The average Bonchev–Trinajstić information content (AvgIpc) is 2.93. The molecule has 1 aromatic heterocycles. The molecule has 1 fully saturated rings. The molecular weight excluding hydrogens is 178 g/mol. The van der Waals surface area contributed by atoms with Gasteiger partial charge < -0.3 is 10.6 Å². The van der Waals surface area contributed by atoms with Crippen molar-refractivity contribution >= 4 is 5.95 Å². The molecule has 1 aromatic rings. The van der Waals surface area contributed by atoms with Gasteiger partial charge in [-0.1, -0.05) is 0 Å². The molecule has 0 unspecified atom stereocenters. The van der Waals surface area contributed by atoms with Crippen LogP contribution in [0.1, 0.15) is 18.7 Å². The Kier molecular flexibility index (Phi) is 2.67. The van der Waals surface area contributed by atoms with Crippen molar-refractivity contribution in [2.45, 2.75) is 19.4 Å². The van der Waals surface area contributed by atoms with Crippen LogP contribution in [0.4, 0.5) is 5.95 Å². The number of aromatic nitrogens is 3. The molecule has 0 bridgehead atoms. The summed E-state index contributed by atoms with van der Waals surface area (Å²) in [7, 11) is 3.82. The third kappa shape index (κ3) is 2.04. The predicted molar refractivity (Wildman–Crippen MR) is 55.0 cm³/mol. The molecule has 1 aliphatic rings. The second-order valence-corrected chi connectivity index (χ2v) is 3.82. The summed E-state index contributed by atoms with van der Waals surface area (Å²) in [5, 5.41) is 14.5. The van der Waals surface area contributed by atoms with Crippen LogP contribution in [0.5, 0.6) is 0 Å². The average molecular weight is 195 g/mol. The largest absolute Gasteiger partial charge is 0.357 e. The van der Waals surface area contributed by atoms with Crippen molar-refractivity contribution in [2.24, 2.45) is 13.0 Å². The second-order valence-electron chi connectivity index (χ2n) is 3.82. The molecule has 1 saturated carbocycles. The van der Waals surface area contributed by atoms with Gasteiger partial charge in [0, 0.05) is 14.1 Å². The van der Waals surface area contributed by atoms with Gasteiger partial charge in [-0.3, -0.25) is 4.57 Å². The number of nitrogens with zero attached hydrogens (tertiary/aromatic N) is 3. The zero-order valence-corrected chi connectivity index (χ0v) is 8.75. The van der Waals surface area contributed by atoms with Crippen molar-refractivity contribution in [1.82, 2.24) is 20.1 Å². The van der Waals surface area contributed by atoms with E-state index in [1.165, 1.54) is 12.8 Å². The Bertz CT molecular complexity index is 302. The minimum atomic E-state index is 0.807. The molecule has 1 heterocycles. The third-order valence-corrected chi connectivity index (χ3v) is 2.60. The van der Waals surface area contributed by atoms with Crippen molar-refractivity contribution in [3.8, 4) is 0 Å². The molecule has 0 atom stereocenters. The van der Waals surface area contributed by atoms with Gasteiger partial charge in [0.05, 0.1) is 6.54 Å². The van der Waals surface area contributed by atoms with Crippen LogP contribution in [0.15, 0.2) is 0 Å². The lowest BCUT2D eigenvalue weighted by molar-refractivity contribution is 0.604. The summed E-state index contributed by atoms with van der Waals surface area (Å²) >= 11 is 0.